The lowest BCUT2D eigenvalue weighted by Crippen LogP contribution is -2.25. The second kappa shape index (κ2) is 13.9. The van der Waals surface area contributed by atoms with Crippen molar-refractivity contribution in [3.8, 4) is 5.88 Å². The molecule has 6 aromatic rings. The van der Waals surface area contributed by atoms with Crippen molar-refractivity contribution in [1.82, 2.24) is 34.4 Å². The van der Waals surface area contributed by atoms with Crippen LogP contribution in [0.4, 0.5) is 0 Å². The van der Waals surface area contributed by atoms with E-state index in [0.717, 1.165) is 40.4 Å². The summed E-state index contributed by atoms with van der Waals surface area (Å²) in [5.41, 5.74) is 15.1. The van der Waals surface area contributed by atoms with E-state index in [-0.39, 0.29) is 6.04 Å². The van der Waals surface area contributed by atoms with Crippen LogP contribution in [0, 0.1) is 0 Å². The van der Waals surface area contributed by atoms with Crippen molar-refractivity contribution in [2.24, 2.45) is 19.8 Å². The van der Waals surface area contributed by atoms with Crippen LogP contribution >= 0.6 is 31.9 Å². The SMILES string of the molecule is COc1cn(C)cn1.Cn1cnc(CN[C@@H]2CCCc3c2[nH]c2ccc(Br)cc32)c1.N[C@@H]1CCCc2c1[nH]c1ccc(Br)cc21. The van der Waals surface area contributed by atoms with Crippen molar-refractivity contribution in [2.45, 2.75) is 57.2 Å². The number of aromatic nitrogens is 6. The molecule has 0 amide bonds. The Morgan fingerprint density at radius 3 is 2.04 bits per heavy atom. The highest BCUT2D eigenvalue weighted by Gasteiger charge is 2.24. The average Bonchev–Trinajstić information content (AvgIpc) is 3.82. The molecule has 2 atom stereocenters. The van der Waals surface area contributed by atoms with Gasteiger partial charge in [0.05, 0.1) is 31.7 Å². The van der Waals surface area contributed by atoms with E-state index in [1.54, 1.807) is 19.6 Å². The number of hydrogen-bond acceptors (Lipinski definition) is 5. The average molecular weight is 737 g/mol. The molecule has 4 heterocycles. The van der Waals surface area contributed by atoms with Gasteiger partial charge in [0.25, 0.3) is 0 Å². The Morgan fingerprint density at radius 1 is 0.867 bits per heavy atom. The Kier molecular flexibility index (Phi) is 9.79. The van der Waals surface area contributed by atoms with Gasteiger partial charge in [-0.2, -0.15) is 0 Å². The summed E-state index contributed by atoms with van der Waals surface area (Å²) in [7, 11) is 5.50. The first kappa shape index (κ1) is 31.6. The first-order valence-corrected chi connectivity index (χ1v) is 17.0. The molecule has 236 valence electrons. The fourth-order valence-electron chi connectivity index (χ4n) is 6.39. The number of rotatable bonds is 4. The Balaban J connectivity index is 0.000000134. The number of nitrogens with zero attached hydrogens (tertiary/aromatic N) is 4. The normalized spacial score (nSPS) is 17.2. The molecule has 0 bridgehead atoms. The minimum atomic E-state index is 0.194. The van der Waals surface area contributed by atoms with Crippen molar-refractivity contribution >= 4 is 53.7 Å². The van der Waals surface area contributed by atoms with E-state index >= 15 is 0 Å². The van der Waals surface area contributed by atoms with Crippen LogP contribution in [0.1, 0.15) is 66.0 Å². The quantitative estimate of drug-likeness (QED) is 0.150. The zero-order valence-electron chi connectivity index (χ0n) is 25.9. The molecule has 2 aromatic carbocycles. The van der Waals surface area contributed by atoms with E-state index in [9.17, 15) is 0 Å². The summed E-state index contributed by atoms with van der Waals surface area (Å²) in [6.07, 6.45) is 14.4. The van der Waals surface area contributed by atoms with Gasteiger partial charge in [0.15, 0.2) is 0 Å². The number of imidazole rings is 2. The molecule has 8 rings (SSSR count). The molecular formula is C34H40Br2N8O. The lowest BCUT2D eigenvalue weighted by atomic mass is 9.91. The van der Waals surface area contributed by atoms with Crippen LogP contribution in [0.2, 0.25) is 0 Å². The van der Waals surface area contributed by atoms with Crippen LogP contribution in [0.5, 0.6) is 5.88 Å². The lowest BCUT2D eigenvalue weighted by Gasteiger charge is -2.23. The number of ether oxygens (including phenoxy) is 1. The molecule has 4 aromatic heterocycles. The molecule has 0 fully saturated rings. The second-order valence-electron chi connectivity index (χ2n) is 11.9. The van der Waals surface area contributed by atoms with Gasteiger partial charge in [0.2, 0.25) is 5.88 Å². The molecule has 0 unspecified atom stereocenters. The molecular weight excluding hydrogens is 696 g/mol. The lowest BCUT2D eigenvalue weighted by molar-refractivity contribution is 0.399. The van der Waals surface area contributed by atoms with Gasteiger partial charge in [0.1, 0.15) is 0 Å². The Bertz CT molecular complexity index is 1900. The van der Waals surface area contributed by atoms with Gasteiger partial charge in [-0.05, 0) is 86.1 Å². The molecule has 45 heavy (non-hydrogen) atoms. The van der Waals surface area contributed by atoms with Gasteiger partial charge < -0.3 is 34.9 Å². The third kappa shape index (κ3) is 7.22. The molecule has 0 saturated carbocycles. The first-order chi connectivity index (χ1) is 21.8. The molecule has 11 heteroatoms. The highest BCUT2D eigenvalue weighted by atomic mass is 79.9. The van der Waals surface area contributed by atoms with Crippen molar-refractivity contribution < 1.29 is 4.74 Å². The van der Waals surface area contributed by atoms with Gasteiger partial charge in [-0.3, -0.25) is 0 Å². The van der Waals surface area contributed by atoms with Gasteiger partial charge in [-0.1, -0.05) is 31.9 Å². The molecule has 5 N–H and O–H groups in total. The zero-order chi connectivity index (χ0) is 31.5. The third-order valence-electron chi connectivity index (χ3n) is 8.56. The number of H-pyrrole nitrogens is 2. The number of aryl methyl sites for hydroxylation is 4. The van der Waals surface area contributed by atoms with Crippen LogP contribution in [0.3, 0.4) is 0 Å². The van der Waals surface area contributed by atoms with Crippen molar-refractivity contribution in [2.75, 3.05) is 7.11 Å². The number of hydrogen-bond donors (Lipinski definition) is 4. The predicted octanol–water partition coefficient (Wildman–Crippen LogP) is 7.53. The number of methoxy groups -OCH3 is 1. The summed E-state index contributed by atoms with van der Waals surface area (Å²) in [4.78, 5) is 15.3. The van der Waals surface area contributed by atoms with Crippen molar-refractivity contribution in [1.29, 1.82) is 0 Å². The van der Waals surface area contributed by atoms with Gasteiger partial charge in [-0.15, -0.1) is 0 Å². The summed E-state index contributed by atoms with van der Waals surface area (Å²) >= 11 is 7.10. The largest absolute Gasteiger partial charge is 0.480 e. The number of nitrogens with one attached hydrogen (secondary N) is 3. The smallest absolute Gasteiger partial charge is 0.231 e. The minimum Gasteiger partial charge on any atom is -0.480 e. The highest BCUT2D eigenvalue weighted by molar-refractivity contribution is 9.10. The number of fused-ring (bicyclic) bond motifs is 6. The highest BCUT2D eigenvalue weighted by Crippen LogP contribution is 2.36. The van der Waals surface area contributed by atoms with Crippen LogP contribution < -0.4 is 15.8 Å². The van der Waals surface area contributed by atoms with Crippen LogP contribution in [0.15, 0.2) is 70.4 Å². The van der Waals surface area contributed by atoms with Crippen molar-refractivity contribution in [3.63, 3.8) is 0 Å². The second-order valence-corrected chi connectivity index (χ2v) is 13.7. The summed E-state index contributed by atoms with van der Waals surface area (Å²) in [6.45, 7) is 0.810. The summed E-state index contributed by atoms with van der Waals surface area (Å²) in [6, 6.07) is 13.4. The Morgan fingerprint density at radius 2 is 1.47 bits per heavy atom. The maximum Gasteiger partial charge on any atom is 0.231 e. The van der Waals surface area contributed by atoms with Gasteiger partial charge in [-0.25, -0.2) is 9.97 Å². The zero-order valence-corrected chi connectivity index (χ0v) is 29.1. The van der Waals surface area contributed by atoms with E-state index in [4.69, 9.17) is 10.5 Å². The van der Waals surface area contributed by atoms with E-state index < -0.39 is 0 Å². The Labute approximate surface area is 280 Å². The van der Waals surface area contributed by atoms with E-state index in [2.05, 4.69) is 99.7 Å². The van der Waals surface area contributed by atoms with Crippen molar-refractivity contribution in [3.05, 3.63) is 98.6 Å². The maximum absolute atomic E-state index is 6.11. The molecule has 2 aliphatic rings. The number of halogens is 2. The fraction of sp³-hybridized carbons (Fsp3) is 0.353. The van der Waals surface area contributed by atoms with Crippen LogP contribution in [-0.4, -0.2) is 36.2 Å². The topological polar surface area (TPSA) is 114 Å². The molecule has 2 aliphatic carbocycles. The van der Waals surface area contributed by atoms with Gasteiger partial charge >= 0.3 is 0 Å². The first-order valence-electron chi connectivity index (χ1n) is 15.4. The summed E-state index contributed by atoms with van der Waals surface area (Å²) in [5, 5.41) is 6.35. The van der Waals surface area contributed by atoms with Crippen LogP contribution in [-0.2, 0) is 33.5 Å². The fourth-order valence-corrected chi connectivity index (χ4v) is 7.11. The molecule has 0 saturated heterocycles. The predicted molar refractivity (Wildman–Crippen MR) is 187 cm³/mol. The standard InChI is InChI=1S/C17H19BrN4.C12H13BrN2.C5H8N2O/c1-22-9-12(20-10-22)8-19-16-4-2-3-13-14-7-11(18)5-6-15(14)21-17(13)16;13-7-4-5-11-9(6-7)8-2-1-3-10(14)12(8)15-11;1-7-3-5(8-2)6-4-7/h5-7,9-10,16,19,21H,2-4,8H2,1H3;4-6,10,15H,1-3,14H2;3-4H,1-2H3/t16-;10-;/m11./s1. The van der Waals surface area contributed by atoms with Crippen LogP contribution in [0.25, 0.3) is 21.8 Å². The van der Waals surface area contributed by atoms with E-state index in [1.165, 1.54) is 63.6 Å². The molecule has 0 aliphatic heterocycles. The molecule has 9 nitrogen and oxygen atoms in total. The molecule has 0 spiro atoms. The van der Waals surface area contributed by atoms with E-state index in [1.807, 2.05) is 29.6 Å². The minimum absolute atomic E-state index is 0.194. The monoisotopic (exact) mass is 734 g/mol. The third-order valence-corrected chi connectivity index (χ3v) is 9.55. The van der Waals surface area contributed by atoms with Gasteiger partial charge in [0, 0.05) is 81.1 Å². The Hall–Kier alpha value is -3.38. The summed E-state index contributed by atoms with van der Waals surface area (Å²) in [5.74, 6) is 0.660. The number of benzene rings is 2. The van der Waals surface area contributed by atoms with E-state index in [0.29, 0.717) is 11.9 Å². The summed E-state index contributed by atoms with van der Waals surface area (Å²) < 4.78 is 10.9. The maximum atomic E-state index is 6.11. The number of nitrogens with two attached hydrogens (primary N) is 1. The molecule has 0 radical (unpaired) electrons. The number of aromatic amines is 2.